The van der Waals surface area contributed by atoms with Crippen LogP contribution in [-0.2, 0) is 4.74 Å². The average molecular weight is 205 g/mol. The Bertz CT molecular complexity index is 445. The lowest BCUT2D eigenvalue weighted by atomic mass is 10.1. The van der Waals surface area contributed by atoms with Gasteiger partial charge in [-0.15, -0.1) is 0 Å². The summed E-state index contributed by atoms with van der Waals surface area (Å²) in [6.07, 6.45) is 0. The van der Waals surface area contributed by atoms with Gasteiger partial charge in [-0.3, -0.25) is 0 Å². The van der Waals surface area contributed by atoms with Gasteiger partial charge in [0.15, 0.2) is 0 Å². The van der Waals surface area contributed by atoms with Gasteiger partial charge in [-0.25, -0.2) is 4.79 Å². The second kappa shape index (κ2) is 3.42. The van der Waals surface area contributed by atoms with Crippen molar-refractivity contribution < 1.29 is 9.53 Å². The van der Waals surface area contributed by atoms with Crippen molar-refractivity contribution in [2.75, 3.05) is 7.11 Å². The number of rotatable bonds is 1. The lowest BCUT2D eigenvalue weighted by molar-refractivity contribution is 0.0602. The van der Waals surface area contributed by atoms with Crippen molar-refractivity contribution in [1.29, 1.82) is 0 Å². The van der Waals surface area contributed by atoms with E-state index in [2.05, 4.69) is 6.92 Å². The fraction of sp³-hybridized carbons (Fsp3) is 0.0909. The highest BCUT2D eigenvalue weighted by molar-refractivity contribution is 7.08. The zero-order chi connectivity index (χ0) is 10.1. The highest BCUT2D eigenvalue weighted by Crippen LogP contribution is 2.33. The van der Waals surface area contributed by atoms with E-state index < -0.39 is 0 Å². The number of hydrogen-bond donors (Lipinski definition) is 0. The molecule has 0 unspecified atom stereocenters. The van der Waals surface area contributed by atoms with E-state index in [4.69, 9.17) is 4.74 Å². The van der Waals surface area contributed by atoms with Crippen LogP contribution in [0.15, 0.2) is 22.9 Å². The molecular weight excluding hydrogens is 196 g/mol. The monoisotopic (exact) mass is 205 g/mol. The first kappa shape index (κ1) is 9.21. The van der Waals surface area contributed by atoms with Crippen LogP contribution in [0.4, 0.5) is 0 Å². The fourth-order valence-electron chi connectivity index (χ4n) is 1.47. The molecule has 0 saturated carbocycles. The van der Waals surface area contributed by atoms with Crippen molar-refractivity contribution in [1.82, 2.24) is 0 Å². The third kappa shape index (κ3) is 1.30. The van der Waals surface area contributed by atoms with Crippen molar-refractivity contribution in [3.63, 3.8) is 0 Å². The van der Waals surface area contributed by atoms with E-state index in [1.54, 1.807) is 17.4 Å². The molecule has 0 aromatic carbocycles. The summed E-state index contributed by atoms with van der Waals surface area (Å²) in [6, 6.07) is 3.73. The summed E-state index contributed by atoms with van der Waals surface area (Å²) < 4.78 is 4.70. The number of carbonyl (C=O) groups excluding carboxylic acids is 1. The fourth-order valence-corrected chi connectivity index (χ4v) is 2.15. The SMILES string of the molecule is [CH2]c1cc(C(=O)OC)c2csccc1-2. The Kier molecular flexibility index (Phi) is 2.25. The van der Waals surface area contributed by atoms with Gasteiger partial charge in [0.25, 0.3) is 0 Å². The highest BCUT2D eigenvalue weighted by Gasteiger charge is 2.18. The molecule has 71 valence electrons. The molecule has 1 radical (unpaired) electrons. The molecule has 2 rings (SSSR count). The van der Waals surface area contributed by atoms with Crippen LogP contribution in [0.2, 0.25) is 0 Å². The molecule has 0 saturated heterocycles. The Balaban J connectivity index is 2.63. The quantitative estimate of drug-likeness (QED) is 0.669. The van der Waals surface area contributed by atoms with Gasteiger partial charge in [-0.2, -0.15) is 11.3 Å². The largest absolute Gasteiger partial charge is 0.465 e. The molecule has 2 aliphatic rings. The standard InChI is InChI=1S/C11H9O2S/c1-7-5-9(11(12)13-2)10-6-14-4-3-8(7)10/h3-6H,1H2,2H3. The predicted octanol–water partition coefficient (Wildman–Crippen LogP) is 2.82. The summed E-state index contributed by atoms with van der Waals surface area (Å²) in [5.74, 6) is -0.302. The summed E-state index contributed by atoms with van der Waals surface area (Å²) in [5.41, 5.74) is 3.41. The number of methoxy groups -OCH3 is 1. The summed E-state index contributed by atoms with van der Waals surface area (Å²) >= 11 is 1.55. The zero-order valence-electron chi connectivity index (χ0n) is 7.74. The molecule has 0 amide bonds. The van der Waals surface area contributed by atoms with E-state index in [0.717, 1.165) is 16.7 Å². The van der Waals surface area contributed by atoms with Crippen molar-refractivity contribution >= 4 is 17.3 Å². The molecule has 1 aliphatic heterocycles. The molecular formula is C11H9O2S. The number of esters is 1. The van der Waals surface area contributed by atoms with Gasteiger partial charge in [-0.1, -0.05) is 0 Å². The Hall–Kier alpha value is -1.35. The molecule has 0 N–H and O–H groups in total. The molecule has 0 aromatic rings. The van der Waals surface area contributed by atoms with Crippen molar-refractivity contribution in [3.05, 3.63) is 40.9 Å². The second-order valence-corrected chi connectivity index (χ2v) is 3.74. The normalized spacial score (nSPS) is 10.4. The average Bonchev–Trinajstić information content (AvgIpc) is 2.56. The Morgan fingerprint density at radius 1 is 1.50 bits per heavy atom. The third-order valence-electron chi connectivity index (χ3n) is 2.15. The lowest BCUT2D eigenvalue weighted by Crippen LogP contribution is -2.00. The van der Waals surface area contributed by atoms with Crippen molar-refractivity contribution in [2.45, 2.75) is 0 Å². The van der Waals surface area contributed by atoms with Crippen LogP contribution in [0.25, 0.3) is 11.1 Å². The maximum Gasteiger partial charge on any atom is 0.338 e. The van der Waals surface area contributed by atoms with Crippen LogP contribution in [0.1, 0.15) is 15.9 Å². The second-order valence-electron chi connectivity index (χ2n) is 2.96. The minimum atomic E-state index is -0.302. The van der Waals surface area contributed by atoms with Gasteiger partial charge < -0.3 is 4.74 Å². The highest BCUT2D eigenvalue weighted by atomic mass is 32.1. The van der Waals surface area contributed by atoms with Crippen LogP contribution in [0.3, 0.4) is 0 Å². The number of carbonyl (C=O) groups is 1. The predicted molar refractivity (Wildman–Crippen MR) is 56.7 cm³/mol. The number of fused-ring (bicyclic) bond motifs is 1. The Morgan fingerprint density at radius 3 is 3.00 bits per heavy atom. The van der Waals surface area contributed by atoms with Crippen LogP contribution < -0.4 is 0 Å². The first-order chi connectivity index (χ1) is 6.74. The molecule has 2 nitrogen and oxygen atoms in total. The molecule has 14 heavy (non-hydrogen) atoms. The van der Waals surface area contributed by atoms with Gasteiger partial charge in [-0.05, 0) is 40.9 Å². The zero-order valence-corrected chi connectivity index (χ0v) is 8.56. The van der Waals surface area contributed by atoms with Gasteiger partial charge in [0.1, 0.15) is 0 Å². The van der Waals surface area contributed by atoms with Gasteiger partial charge in [0.05, 0.1) is 12.7 Å². The minimum absolute atomic E-state index is 0.302. The summed E-state index contributed by atoms with van der Waals surface area (Å²) in [6.45, 7) is 3.88. The van der Waals surface area contributed by atoms with Gasteiger partial charge >= 0.3 is 5.97 Å². The molecule has 0 spiro atoms. The van der Waals surface area contributed by atoms with Crippen LogP contribution in [0.5, 0.6) is 0 Å². The van der Waals surface area contributed by atoms with Gasteiger partial charge in [0, 0.05) is 5.56 Å². The molecule has 0 fully saturated rings. The van der Waals surface area contributed by atoms with Crippen molar-refractivity contribution in [2.24, 2.45) is 0 Å². The van der Waals surface area contributed by atoms with Crippen LogP contribution in [0, 0.1) is 6.92 Å². The van der Waals surface area contributed by atoms with Crippen LogP contribution >= 0.6 is 11.3 Å². The van der Waals surface area contributed by atoms with Crippen LogP contribution in [-0.4, -0.2) is 13.1 Å². The summed E-state index contributed by atoms with van der Waals surface area (Å²) in [7, 11) is 1.39. The number of hydrogen-bond acceptors (Lipinski definition) is 3. The Morgan fingerprint density at radius 2 is 2.29 bits per heavy atom. The minimum Gasteiger partial charge on any atom is -0.465 e. The van der Waals surface area contributed by atoms with Crippen molar-refractivity contribution in [3.8, 4) is 11.1 Å². The maximum atomic E-state index is 11.4. The molecule has 0 bridgehead atoms. The maximum absolute atomic E-state index is 11.4. The summed E-state index contributed by atoms with van der Waals surface area (Å²) in [4.78, 5) is 11.4. The topological polar surface area (TPSA) is 26.3 Å². The summed E-state index contributed by atoms with van der Waals surface area (Å²) in [5, 5.41) is 3.91. The lowest BCUT2D eigenvalue weighted by Gasteiger charge is -2.01. The first-order valence-corrected chi connectivity index (χ1v) is 5.07. The smallest absolute Gasteiger partial charge is 0.338 e. The van der Waals surface area contributed by atoms with E-state index in [1.807, 2.05) is 16.8 Å². The molecule has 3 heteroatoms. The van der Waals surface area contributed by atoms with Gasteiger partial charge in [0.2, 0.25) is 0 Å². The van der Waals surface area contributed by atoms with E-state index in [9.17, 15) is 4.79 Å². The molecule has 1 aliphatic carbocycles. The van der Waals surface area contributed by atoms with E-state index >= 15 is 0 Å². The molecule has 0 aromatic heterocycles. The van der Waals surface area contributed by atoms with E-state index in [1.165, 1.54) is 7.11 Å². The first-order valence-electron chi connectivity index (χ1n) is 4.13. The third-order valence-corrected chi connectivity index (χ3v) is 2.81. The molecule has 1 heterocycles. The molecule has 0 atom stereocenters. The Labute approximate surface area is 86.5 Å². The van der Waals surface area contributed by atoms with E-state index in [0.29, 0.717) is 5.56 Å². The number of ether oxygens (including phenoxy) is 1. The van der Waals surface area contributed by atoms with E-state index in [-0.39, 0.29) is 5.97 Å².